The largest absolute Gasteiger partial charge is 0.496 e. The Balaban J connectivity index is 2.82. The molecular formula is C14H20BrNO2. The van der Waals surface area contributed by atoms with Gasteiger partial charge in [-0.05, 0) is 24.6 Å². The zero-order valence-corrected chi connectivity index (χ0v) is 12.5. The van der Waals surface area contributed by atoms with E-state index in [1.807, 2.05) is 18.2 Å². The molecule has 0 fully saturated rings. The average molecular weight is 314 g/mol. The van der Waals surface area contributed by atoms with Crippen molar-refractivity contribution in [3.8, 4) is 5.75 Å². The number of methoxy groups -OCH3 is 1. The Hall–Kier alpha value is -0.870. The van der Waals surface area contributed by atoms with Crippen molar-refractivity contribution >= 4 is 21.7 Å². The van der Waals surface area contributed by atoms with Crippen LogP contribution in [-0.2, 0) is 11.2 Å². The number of rotatable bonds is 7. The summed E-state index contributed by atoms with van der Waals surface area (Å²) >= 11 is 3.41. The summed E-state index contributed by atoms with van der Waals surface area (Å²) in [5.41, 5.74) is 6.56. The molecule has 1 rings (SSSR count). The Morgan fingerprint density at radius 1 is 1.50 bits per heavy atom. The van der Waals surface area contributed by atoms with Crippen LogP contribution in [0.3, 0.4) is 0 Å². The lowest BCUT2D eigenvalue weighted by Gasteiger charge is -2.14. The van der Waals surface area contributed by atoms with Gasteiger partial charge in [-0.1, -0.05) is 29.3 Å². The van der Waals surface area contributed by atoms with E-state index in [4.69, 9.17) is 10.5 Å². The predicted molar refractivity (Wildman–Crippen MR) is 76.9 cm³/mol. The molecule has 0 aliphatic carbocycles. The maximum atomic E-state index is 12.2. The minimum atomic E-state index is -0.0429. The zero-order valence-electron chi connectivity index (χ0n) is 10.9. The number of nitrogens with two attached hydrogens (primary N) is 1. The summed E-state index contributed by atoms with van der Waals surface area (Å²) in [6, 6.07) is 5.69. The van der Waals surface area contributed by atoms with Gasteiger partial charge in [0, 0.05) is 28.9 Å². The van der Waals surface area contributed by atoms with Crippen LogP contribution < -0.4 is 10.5 Å². The van der Waals surface area contributed by atoms with E-state index in [0.717, 1.165) is 28.6 Å². The lowest BCUT2D eigenvalue weighted by Crippen LogP contribution is -2.25. The van der Waals surface area contributed by atoms with Crippen molar-refractivity contribution in [1.82, 2.24) is 0 Å². The third-order valence-corrected chi connectivity index (χ3v) is 3.48. The average Bonchev–Trinajstić information content (AvgIpc) is 2.36. The molecule has 0 bridgehead atoms. The van der Waals surface area contributed by atoms with Gasteiger partial charge in [0.05, 0.1) is 7.11 Å². The predicted octanol–water partition coefficient (Wildman–Crippen LogP) is 2.94. The molecular weight excluding hydrogens is 294 g/mol. The molecule has 0 radical (unpaired) electrons. The number of carbonyl (C=O) groups excluding carboxylic acids is 1. The number of hydrogen-bond donors (Lipinski definition) is 1. The van der Waals surface area contributed by atoms with Gasteiger partial charge in [-0.3, -0.25) is 4.79 Å². The topological polar surface area (TPSA) is 52.3 Å². The first-order chi connectivity index (χ1) is 8.62. The SMILES string of the molecule is CCCC(CN)C(=O)Cc1cc(Br)ccc1OC. The Bertz CT molecular complexity index is 407. The number of Topliss-reactive ketones (excluding diaryl/α,β-unsaturated/α-hetero) is 1. The highest BCUT2D eigenvalue weighted by Crippen LogP contribution is 2.24. The van der Waals surface area contributed by atoms with Crippen LogP contribution in [0, 0.1) is 5.92 Å². The second-order valence-corrected chi connectivity index (χ2v) is 5.24. The fraction of sp³-hybridized carbons (Fsp3) is 0.500. The smallest absolute Gasteiger partial charge is 0.141 e. The molecule has 2 N–H and O–H groups in total. The van der Waals surface area contributed by atoms with E-state index < -0.39 is 0 Å². The van der Waals surface area contributed by atoms with Crippen LogP contribution in [0.25, 0.3) is 0 Å². The quantitative estimate of drug-likeness (QED) is 0.842. The van der Waals surface area contributed by atoms with E-state index in [1.54, 1.807) is 7.11 Å². The molecule has 1 atom stereocenters. The van der Waals surface area contributed by atoms with Gasteiger partial charge in [0.15, 0.2) is 0 Å². The first-order valence-electron chi connectivity index (χ1n) is 6.17. The second-order valence-electron chi connectivity index (χ2n) is 4.32. The lowest BCUT2D eigenvalue weighted by molar-refractivity contribution is -0.122. The molecule has 0 aliphatic rings. The number of hydrogen-bond acceptors (Lipinski definition) is 3. The number of benzene rings is 1. The van der Waals surface area contributed by atoms with Crippen LogP contribution in [0.5, 0.6) is 5.75 Å². The minimum Gasteiger partial charge on any atom is -0.496 e. The van der Waals surface area contributed by atoms with Crippen molar-refractivity contribution in [2.45, 2.75) is 26.2 Å². The van der Waals surface area contributed by atoms with E-state index in [9.17, 15) is 4.79 Å². The van der Waals surface area contributed by atoms with Gasteiger partial charge in [-0.25, -0.2) is 0 Å². The Morgan fingerprint density at radius 3 is 2.78 bits per heavy atom. The van der Waals surface area contributed by atoms with Gasteiger partial charge >= 0.3 is 0 Å². The summed E-state index contributed by atoms with van der Waals surface area (Å²) in [5, 5.41) is 0. The molecule has 0 aliphatic heterocycles. The fourth-order valence-corrected chi connectivity index (χ4v) is 2.38. The molecule has 1 aromatic carbocycles. The van der Waals surface area contributed by atoms with E-state index in [-0.39, 0.29) is 11.7 Å². The highest BCUT2D eigenvalue weighted by atomic mass is 79.9. The van der Waals surface area contributed by atoms with E-state index in [2.05, 4.69) is 22.9 Å². The third kappa shape index (κ3) is 4.10. The van der Waals surface area contributed by atoms with Gasteiger partial charge in [0.25, 0.3) is 0 Å². The zero-order chi connectivity index (χ0) is 13.5. The fourth-order valence-electron chi connectivity index (χ4n) is 1.98. The summed E-state index contributed by atoms with van der Waals surface area (Å²) in [6.45, 7) is 2.48. The molecule has 0 heterocycles. The first-order valence-corrected chi connectivity index (χ1v) is 6.96. The highest BCUT2D eigenvalue weighted by molar-refractivity contribution is 9.10. The monoisotopic (exact) mass is 313 g/mol. The standard InChI is InChI=1S/C14H20BrNO2/c1-3-4-10(9-16)13(17)8-11-7-12(15)5-6-14(11)18-2/h5-7,10H,3-4,8-9,16H2,1-2H3. The Kier molecular flexibility index (Phi) is 6.36. The normalized spacial score (nSPS) is 12.2. The molecule has 0 amide bonds. The first kappa shape index (κ1) is 15.2. The van der Waals surface area contributed by atoms with Crippen molar-refractivity contribution in [1.29, 1.82) is 0 Å². The van der Waals surface area contributed by atoms with Crippen LogP contribution in [0.1, 0.15) is 25.3 Å². The van der Waals surface area contributed by atoms with Crippen molar-refractivity contribution in [2.24, 2.45) is 11.7 Å². The summed E-state index contributed by atoms with van der Waals surface area (Å²) in [4.78, 5) is 12.2. The molecule has 0 saturated carbocycles. The van der Waals surface area contributed by atoms with Gasteiger partial charge < -0.3 is 10.5 Å². The van der Waals surface area contributed by atoms with Crippen molar-refractivity contribution in [2.75, 3.05) is 13.7 Å². The Labute approximate surface area is 117 Å². The summed E-state index contributed by atoms with van der Waals surface area (Å²) in [6.07, 6.45) is 2.21. The number of carbonyl (C=O) groups is 1. The van der Waals surface area contributed by atoms with Crippen LogP contribution in [0.4, 0.5) is 0 Å². The highest BCUT2D eigenvalue weighted by Gasteiger charge is 2.18. The maximum absolute atomic E-state index is 12.2. The third-order valence-electron chi connectivity index (χ3n) is 2.98. The molecule has 1 aromatic rings. The van der Waals surface area contributed by atoms with Gasteiger partial charge in [-0.2, -0.15) is 0 Å². The summed E-state index contributed by atoms with van der Waals surface area (Å²) in [7, 11) is 1.61. The number of ketones is 1. The van der Waals surface area contributed by atoms with Gasteiger partial charge in [0.2, 0.25) is 0 Å². The Morgan fingerprint density at radius 2 is 2.22 bits per heavy atom. The number of ether oxygens (including phenoxy) is 1. The van der Waals surface area contributed by atoms with E-state index >= 15 is 0 Å². The number of halogens is 1. The molecule has 0 saturated heterocycles. The lowest BCUT2D eigenvalue weighted by atomic mass is 9.94. The molecule has 0 spiro atoms. The van der Waals surface area contributed by atoms with E-state index in [0.29, 0.717) is 13.0 Å². The molecule has 1 unspecified atom stereocenters. The molecule has 100 valence electrons. The summed E-state index contributed by atoms with van der Waals surface area (Å²) in [5.74, 6) is 0.897. The summed E-state index contributed by atoms with van der Waals surface area (Å²) < 4.78 is 6.22. The van der Waals surface area contributed by atoms with E-state index in [1.165, 1.54) is 0 Å². The van der Waals surface area contributed by atoms with Crippen molar-refractivity contribution in [3.05, 3.63) is 28.2 Å². The van der Waals surface area contributed by atoms with Crippen LogP contribution in [-0.4, -0.2) is 19.4 Å². The van der Waals surface area contributed by atoms with Crippen LogP contribution in [0.2, 0.25) is 0 Å². The van der Waals surface area contributed by atoms with Gasteiger partial charge in [-0.15, -0.1) is 0 Å². The minimum absolute atomic E-state index is 0.0429. The molecule has 3 nitrogen and oxygen atoms in total. The second kappa shape index (κ2) is 7.54. The molecule has 18 heavy (non-hydrogen) atoms. The molecule has 4 heteroatoms. The van der Waals surface area contributed by atoms with Crippen molar-refractivity contribution < 1.29 is 9.53 Å². The van der Waals surface area contributed by atoms with Crippen LogP contribution >= 0.6 is 15.9 Å². The van der Waals surface area contributed by atoms with Crippen molar-refractivity contribution in [3.63, 3.8) is 0 Å². The van der Waals surface area contributed by atoms with Gasteiger partial charge in [0.1, 0.15) is 11.5 Å². The van der Waals surface area contributed by atoms with Crippen LogP contribution in [0.15, 0.2) is 22.7 Å². The maximum Gasteiger partial charge on any atom is 0.141 e. The molecule has 0 aromatic heterocycles.